The third-order valence-corrected chi connectivity index (χ3v) is 4.07. The minimum absolute atomic E-state index is 0.0478. The van der Waals surface area contributed by atoms with Gasteiger partial charge in [0.2, 0.25) is 5.91 Å². The van der Waals surface area contributed by atoms with Gasteiger partial charge in [-0.05, 0) is 38.5 Å². The van der Waals surface area contributed by atoms with Crippen molar-refractivity contribution in [2.24, 2.45) is 0 Å². The van der Waals surface area contributed by atoms with Crippen molar-refractivity contribution in [1.29, 1.82) is 0 Å². The highest BCUT2D eigenvalue weighted by atomic mass is 32.1. The third kappa shape index (κ3) is 4.38. The molecule has 6 nitrogen and oxygen atoms in total. The van der Waals surface area contributed by atoms with Crippen molar-refractivity contribution in [3.8, 4) is 0 Å². The van der Waals surface area contributed by atoms with Crippen LogP contribution < -0.4 is 5.32 Å². The average Bonchev–Trinajstić information content (AvgIpc) is 2.64. The first-order chi connectivity index (χ1) is 10.1. The van der Waals surface area contributed by atoms with E-state index in [1.807, 2.05) is 23.6 Å². The number of likely N-dealkylation sites (N-methyl/N-ethyl adjacent to an activating group) is 1. The molecule has 118 valence electrons. The Kier molecular flexibility index (Phi) is 5.93. The Balaban J connectivity index is 1.96. The molecule has 1 aliphatic rings. The van der Waals surface area contributed by atoms with Gasteiger partial charge in [-0.1, -0.05) is 13.3 Å². The van der Waals surface area contributed by atoms with Gasteiger partial charge in [0.05, 0.1) is 13.2 Å². The second-order valence-corrected chi connectivity index (χ2v) is 6.03. The number of nitrogens with zero attached hydrogens (tertiary/aromatic N) is 4. The Hall–Kier alpha value is -1.21. The van der Waals surface area contributed by atoms with Crippen molar-refractivity contribution in [3.63, 3.8) is 0 Å². The molecule has 0 radical (unpaired) electrons. The maximum absolute atomic E-state index is 11.7. The van der Waals surface area contributed by atoms with E-state index < -0.39 is 0 Å². The zero-order chi connectivity index (χ0) is 15.2. The predicted molar refractivity (Wildman–Crippen MR) is 84.5 cm³/mol. The highest BCUT2D eigenvalue weighted by Crippen LogP contribution is 2.14. The van der Waals surface area contributed by atoms with Crippen LogP contribution in [0, 0.1) is 4.77 Å². The first-order valence-electron chi connectivity index (χ1n) is 7.73. The molecule has 0 saturated carbocycles. The van der Waals surface area contributed by atoms with E-state index in [1.165, 1.54) is 19.3 Å². The van der Waals surface area contributed by atoms with Crippen molar-refractivity contribution in [2.45, 2.75) is 52.2 Å². The predicted octanol–water partition coefficient (Wildman–Crippen LogP) is 1.56. The summed E-state index contributed by atoms with van der Waals surface area (Å²) in [4.78, 5) is 13.7. The second kappa shape index (κ2) is 7.70. The number of carbonyl (C=O) groups excluding carboxylic acids is 1. The smallest absolute Gasteiger partial charge is 0.234 e. The number of aryl methyl sites for hydroxylation is 1. The number of rotatable bonds is 6. The Bertz CT molecular complexity index is 536. The highest BCUT2D eigenvalue weighted by molar-refractivity contribution is 7.71. The number of aromatic nitrogens is 3. The molecule has 1 amide bonds. The summed E-state index contributed by atoms with van der Waals surface area (Å²) in [5.74, 6) is 1.13. The number of hydrogen-bond acceptors (Lipinski definition) is 4. The summed E-state index contributed by atoms with van der Waals surface area (Å²) in [7, 11) is 1.91. The zero-order valence-corrected chi connectivity index (χ0v) is 13.8. The fourth-order valence-corrected chi connectivity index (χ4v) is 2.86. The van der Waals surface area contributed by atoms with Crippen LogP contribution in [0.4, 0.5) is 0 Å². The SMILES string of the molecule is CCCNC(=O)CN(C)Cn1nc2n(c1=S)CCCCC2. The molecule has 0 fully saturated rings. The molecule has 1 aromatic heterocycles. The monoisotopic (exact) mass is 311 g/mol. The van der Waals surface area contributed by atoms with Crippen LogP contribution in [0.15, 0.2) is 0 Å². The Morgan fingerprint density at radius 2 is 2.24 bits per heavy atom. The molecule has 0 bridgehead atoms. The summed E-state index contributed by atoms with van der Waals surface area (Å²) in [6, 6.07) is 0. The molecule has 1 N–H and O–H groups in total. The minimum atomic E-state index is 0.0478. The van der Waals surface area contributed by atoms with E-state index in [2.05, 4.69) is 15.0 Å². The second-order valence-electron chi connectivity index (χ2n) is 5.67. The molecule has 0 saturated heterocycles. The molecule has 21 heavy (non-hydrogen) atoms. The number of fused-ring (bicyclic) bond motifs is 1. The Morgan fingerprint density at radius 3 is 3.00 bits per heavy atom. The van der Waals surface area contributed by atoms with Crippen LogP contribution in [-0.4, -0.2) is 45.3 Å². The standard InChI is InChI=1S/C14H25N5OS/c1-3-8-15-13(20)10-17(2)11-19-14(21)18-9-6-4-5-7-12(18)16-19/h3-11H2,1-2H3,(H,15,20). The van der Waals surface area contributed by atoms with E-state index in [4.69, 9.17) is 12.2 Å². The molecule has 2 rings (SSSR count). The van der Waals surface area contributed by atoms with Crippen LogP contribution in [0.1, 0.15) is 38.4 Å². The van der Waals surface area contributed by atoms with E-state index in [0.29, 0.717) is 13.2 Å². The van der Waals surface area contributed by atoms with Crippen LogP contribution in [0.2, 0.25) is 0 Å². The van der Waals surface area contributed by atoms with Crippen LogP contribution >= 0.6 is 12.2 Å². The van der Waals surface area contributed by atoms with Gasteiger partial charge in [0.25, 0.3) is 0 Å². The molecule has 0 atom stereocenters. The molecule has 1 aromatic rings. The van der Waals surface area contributed by atoms with Crippen molar-refractivity contribution < 1.29 is 4.79 Å². The fraction of sp³-hybridized carbons (Fsp3) is 0.786. The van der Waals surface area contributed by atoms with Gasteiger partial charge in [-0.25, -0.2) is 4.68 Å². The van der Waals surface area contributed by atoms with Gasteiger partial charge < -0.3 is 9.88 Å². The summed E-state index contributed by atoms with van der Waals surface area (Å²) in [5, 5.41) is 7.50. The first kappa shape index (κ1) is 16.2. The lowest BCUT2D eigenvalue weighted by Crippen LogP contribution is -2.36. The summed E-state index contributed by atoms with van der Waals surface area (Å²) in [5.41, 5.74) is 0. The van der Waals surface area contributed by atoms with Crippen molar-refractivity contribution >= 4 is 18.1 Å². The van der Waals surface area contributed by atoms with E-state index in [0.717, 1.165) is 36.5 Å². The van der Waals surface area contributed by atoms with E-state index >= 15 is 0 Å². The van der Waals surface area contributed by atoms with Gasteiger partial charge in [0.15, 0.2) is 4.77 Å². The molecule has 0 spiro atoms. The Labute approximate surface area is 131 Å². The number of nitrogens with one attached hydrogen (secondary N) is 1. The zero-order valence-electron chi connectivity index (χ0n) is 13.0. The van der Waals surface area contributed by atoms with Crippen LogP contribution in [0.5, 0.6) is 0 Å². The molecular formula is C14H25N5OS. The quantitative estimate of drug-likeness (QED) is 0.810. The molecule has 2 heterocycles. The third-order valence-electron chi connectivity index (χ3n) is 3.64. The molecular weight excluding hydrogens is 286 g/mol. The number of hydrogen-bond donors (Lipinski definition) is 1. The maximum atomic E-state index is 11.7. The van der Waals surface area contributed by atoms with Gasteiger partial charge in [0, 0.05) is 19.5 Å². The van der Waals surface area contributed by atoms with Gasteiger partial charge in [-0.2, -0.15) is 5.10 Å². The normalized spacial score (nSPS) is 14.8. The van der Waals surface area contributed by atoms with Crippen molar-refractivity contribution in [1.82, 2.24) is 24.6 Å². The molecule has 1 aliphatic heterocycles. The topological polar surface area (TPSA) is 55.1 Å². The average molecular weight is 311 g/mol. The number of amides is 1. The van der Waals surface area contributed by atoms with Gasteiger partial charge >= 0.3 is 0 Å². The number of carbonyl (C=O) groups is 1. The fourth-order valence-electron chi connectivity index (χ4n) is 2.56. The highest BCUT2D eigenvalue weighted by Gasteiger charge is 2.15. The van der Waals surface area contributed by atoms with Gasteiger partial charge in [-0.15, -0.1) is 0 Å². The Morgan fingerprint density at radius 1 is 1.43 bits per heavy atom. The lowest BCUT2D eigenvalue weighted by atomic mass is 10.2. The van der Waals surface area contributed by atoms with Crippen molar-refractivity contribution in [3.05, 3.63) is 10.6 Å². The molecule has 0 unspecified atom stereocenters. The van der Waals surface area contributed by atoms with Crippen LogP contribution in [0.3, 0.4) is 0 Å². The molecule has 0 aliphatic carbocycles. The van der Waals surface area contributed by atoms with E-state index in [1.54, 1.807) is 0 Å². The summed E-state index contributed by atoms with van der Waals surface area (Å²) < 4.78 is 4.75. The van der Waals surface area contributed by atoms with E-state index in [-0.39, 0.29) is 5.91 Å². The molecule has 7 heteroatoms. The summed E-state index contributed by atoms with van der Waals surface area (Å²) >= 11 is 5.51. The van der Waals surface area contributed by atoms with Gasteiger partial charge in [0.1, 0.15) is 5.82 Å². The lowest BCUT2D eigenvalue weighted by Gasteiger charge is -2.15. The molecule has 0 aromatic carbocycles. The maximum Gasteiger partial charge on any atom is 0.234 e. The summed E-state index contributed by atoms with van der Waals surface area (Å²) in [6.07, 6.45) is 5.55. The largest absolute Gasteiger partial charge is 0.355 e. The van der Waals surface area contributed by atoms with Crippen LogP contribution in [0.25, 0.3) is 0 Å². The van der Waals surface area contributed by atoms with Gasteiger partial charge in [-0.3, -0.25) is 9.69 Å². The van der Waals surface area contributed by atoms with Crippen molar-refractivity contribution in [2.75, 3.05) is 20.1 Å². The minimum Gasteiger partial charge on any atom is -0.355 e. The first-order valence-corrected chi connectivity index (χ1v) is 8.14. The van der Waals surface area contributed by atoms with Crippen LogP contribution in [-0.2, 0) is 24.4 Å². The lowest BCUT2D eigenvalue weighted by molar-refractivity contribution is -0.122. The summed E-state index contributed by atoms with van der Waals surface area (Å²) in [6.45, 7) is 4.66. The van der Waals surface area contributed by atoms with E-state index in [9.17, 15) is 4.79 Å².